The summed E-state index contributed by atoms with van der Waals surface area (Å²) in [6, 6.07) is 7.64. The minimum Gasteiger partial charge on any atom is -0.431 e. The average Bonchev–Trinajstić information content (AvgIpc) is 2.37. The maximum absolute atomic E-state index is 11.5. The second-order valence-corrected chi connectivity index (χ2v) is 4.26. The third-order valence-corrected chi connectivity index (χ3v) is 3.00. The van der Waals surface area contributed by atoms with Gasteiger partial charge in [-0.25, -0.2) is 4.79 Å². The van der Waals surface area contributed by atoms with Crippen molar-refractivity contribution in [2.75, 3.05) is 0 Å². The van der Waals surface area contributed by atoms with Crippen LogP contribution in [0.1, 0.15) is 31.2 Å². The molecule has 17 heavy (non-hydrogen) atoms. The summed E-state index contributed by atoms with van der Waals surface area (Å²) >= 11 is 0. The van der Waals surface area contributed by atoms with Crippen LogP contribution in [-0.2, 0) is 6.42 Å². The van der Waals surface area contributed by atoms with Gasteiger partial charge in [-0.2, -0.15) is 0 Å². The van der Waals surface area contributed by atoms with E-state index >= 15 is 0 Å². The smallest absolute Gasteiger partial charge is 0.343 e. The molecule has 2 heteroatoms. The van der Waals surface area contributed by atoms with Gasteiger partial charge < -0.3 is 4.42 Å². The summed E-state index contributed by atoms with van der Waals surface area (Å²) in [5.74, 6) is 0. The summed E-state index contributed by atoms with van der Waals surface area (Å²) in [6.07, 6.45) is 7.02. The molecule has 0 N–H and O–H groups in total. The van der Waals surface area contributed by atoms with E-state index in [1.807, 2.05) is 24.3 Å². The Labute approximate surface area is 101 Å². The van der Waals surface area contributed by atoms with Crippen molar-refractivity contribution in [1.82, 2.24) is 0 Å². The highest BCUT2D eigenvalue weighted by Crippen LogP contribution is 2.17. The molecule has 1 radical (unpaired) electrons. The Morgan fingerprint density at radius 3 is 2.59 bits per heavy atom. The molecule has 0 unspecified atom stereocenters. The second-order valence-electron chi connectivity index (χ2n) is 4.26. The normalized spacial score (nSPS) is 10.9. The van der Waals surface area contributed by atoms with E-state index in [4.69, 9.17) is 4.42 Å². The quantitative estimate of drug-likeness (QED) is 0.731. The fourth-order valence-electron chi connectivity index (χ4n) is 2.06. The molecule has 0 atom stereocenters. The highest BCUT2D eigenvalue weighted by Gasteiger charge is 2.05. The van der Waals surface area contributed by atoms with Gasteiger partial charge in [0.15, 0.2) is 0 Å². The predicted octanol–water partition coefficient (Wildman–Crippen LogP) is 3.73. The lowest BCUT2D eigenvalue weighted by Crippen LogP contribution is -2.01. The van der Waals surface area contributed by atoms with Crippen LogP contribution in [0.5, 0.6) is 0 Å². The van der Waals surface area contributed by atoms with Gasteiger partial charge in [-0.05, 0) is 29.9 Å². The van der Waals surface area contributed by atoms with Crippen molar-refractivity contribution in [2.24, 2.45) is 0 Å². The van der Waals surface area contributed by atoms with E-state index in [1.54, 1.807) is 6.26 Å². The fraction of sp³-hybridized carbons (Fsp3) is 0.333. The number of hydrogen-bond acceptors (Lipinski definition) is 2. The third-order valence-electron chi connectivity index (χ3n) is 3.00. The van der Waals surface area contributed by atoms with E-state index in [2.05, 4.69) is 6.92 Å². The van der Waals surface area contributed by atoms with Gasteiger partial charge in [-0.1, -0.05) is 44.4 Å². The Hall–Kier alpha value is -1.57. The molecule has 0 spiro atoms. The summed E-state index contributed by atoms with van der Waals surface area (Å²) in [4.78, 5) is 11.5. The molecule has 2 aromatic rings. The Morgan fingerprint density at radius 2 is 1.82 bits per heavy atom. The summed E-state index contributed by atoms with van der Waals surface area (Å²) in [5.41, 5.74) is 0.881. The van der Waals surface area contributed by atoms with E-state index in [9.17, 15) is 4.79 Å². The third kappa shape index (κ3) is 2.76. The van der Waals surface area contributed by atoms with Gasteiger partial charge >= 0.3 is 5.63 Å². The van der Waals surface area contributed by atoms with Gasteiger partial charge in [0, 0.05) is 0 Å². The summed E-state index contributed by atoms with van der Waals surface area (Å²) in [7, 11) is 0. The topological polar surface area (TPSA) is 30.2 Å². The molecule has 0 aliphatic carbocycles. The minimum absolute atomic E-state index is 0.248. The Bertz CT molecular complexity index is 540. The van der Waals surface area contributed by atoms with Crippen molar-refractivity contribution >= 4 is 10.8 Å². The van der Waals surface area contributed by atoms with E-state index in [0.717, 1.165) is 36.6 Å². The average molecular weight is 229 g/mol. The number of aryl methyl sites for hydroxylation is 1. The first-order valence-corrected chi connectivity index (χ1v) is 6.11. The van der Waals surface area contributed by atoms with E-state index in [1.165, 1.54) is 6.42 Å². The number of fused-ring (bicyclic) bond motifs is 1. The second kappa shape index (κ2) is 5.67. The molecule has 0 saturated heterocycles. The summed E-state index contributed by atoms with van der Waals surface area (Å²) in [5, 5.41) is 1.71. The minimum atomic E-state index is -0.248. The molecule has 1 aromatic heterocycles. The van der Waals surface area contributed by atoms with Crippen LogP contribution in [0.4, 0.5) is 0 Å². The molecule has 0 saturated carbocycles. The van der Waals surface area contributed by atoms with Gasteiger partial charge in [-0.15, -0.1) is 0 Å². The Kier molecular flexibility index (Phi) is 3.97. The maximum Gasteiger partial charge on any atom is 0.343 e. The lowest BCUT2D eigenvalue weighted by Gasteiger charge is -2.04. The molecule has 2 rings (SSSR count). The van der Waals surface area contributed by atoms with Crippen LogP contribution in [0.2, 0.25) is 0 Å². The maximum atomic E-state index is 11.5. The monoisotopic (exact) mass is 229 g/mol. The molecule has 0 fully saturated rings. The van der Waals surface area contributed by atoms with Crippen LogP contribution in [0.3, 0.4) is 0 Å². The van der Waals surface area contributed by atoms with Crippen molar-refractivity contribution in [2.45, 2.75) is 32.1 Å². The van der Waals surface area contributed by atoms with Crippen molar-refractivity contribution in [1.29, 1.82) is 0 Å². The largest absolute Gasteiger partial charge is 0.431 e. The fourth-order valence-corrected chi connectivity index (χ4v) is 2.06. The van der Waals surface area contributed by atoms with Gasteiger partial charge in [0.2, 0.25) is 0 Å². The lowest BCUT2D eigenvalue weighted by molar-refractivity contribution is 0.511. The van der Waals surface area contributed by atoms with Gasteiger partial charge in [0.25, 0.3) is 0 Å². The molecule has 89 valence electrons. The van der Waals surface area contributed by atoms with E-state index in [0.29, 0.717) is 5.39 Å². The molecule has 0 aliphatic heterocycles. The standard InChI is InChI=1S/C15H17O2/c1-2-3-4-5-8-12-11-17-15(16)14-10-7-6-9-13(12)14/h6-7,9-11H,1-5,8H2. The van der Waals surface area contributed by atoms with Crippen LogP contribution in [0, 0.1) is 6.92 Å². The highest BCUT2D eigenvalue weighted by atomic mass is 16.4. The van der Waals surface area contributed by atoms with Crippen molar-refractivity contribution in [3.8, 4) is 0 Å². The van der Waals surface area contributed by atoms with Gasteiger partial charge in [0.1, 0.15) is 0 Å². The molecule has 0 amide bonds. The number of benzene rings is 1. The Balaban J connectivity index is 2.23. The highest BCUT2D eigenvalue weighted by molar-refractivity contribution is 5.83. The molecular formula is C15H17O2. The van der Waals surface area contributed by atoms with Crippen LogP contribution >= 0.6 is 0 Å². The zero-order valence-corrected chi connectivity index (χ0v) is 9.95. The number of unbranched alkanes of at least 4 members (excludes halogenated alkanes) is 3. The Morgan fingerprint density at radius 1 is 1.06 bits per heavy atom. The zero-order chi connectivity index (χ0) is 12.1. The van der Waals surface area contributed by atoms with Crippen molar-refractivity contribution < 1.29 is 4.42 Å². The van der Waals surface area contributed by atoms with Gasteiger partial charge in [-0.3, -0.25) is 0 Å². The molecule has 1 aromatic carbocycles. The van der Waals surface area contributed by atoms with E-state index in [-0.39, 0.29) is 5.63 Å². The molecule has 1 heterocycles. The van der Waals surface area contributed by atoms with Crippen LogP contribution in [-0.4, -0.2) is 0 Å². The first-order valence-electron chi connectivity index (χ1n) is 6.11. The van der Waals surface area contributed by atoms with Crippen LogP contribution in [0.15, 0.2) is 39.7 Å². The van der Waals surface area contributed by atoms with Gasteiger partial charge in [0.05, 0.1) is 11.6 Å². The van der Waals surface area contributed by atoms with Crippen molar-refractivity contribution in [3.05, 3.63) is 53.4 Å². The molecule has 0 aliphatic rings. The number of hydrogen-bond donors (Lipinski definition) is 0. The van der Waals surface area contributed by atoms with E-state index < -0.39 is 0 Å². The molecular weight excluding hydrogens is 212 g/mol. The molecule has 0 bridgehead atoms. The zero-order valence-electron chi connectivity index (χ0n) is 9.95. The summed E-state index contributed by atoms with van der Waals surface area (Å²) < 4.78 is 5.06. The predicted molar refractivity (Wildman–Crippen MR) is 70.0 cm³/mol. The number of rotatable bonds is 5. The first-order chi connectivity index (χ1) is 8.33. The van der Waals surface area contributed by atoms with Crippen LogP contribution < -0.4 is 5.63 Å². The summed E-state index contributed by atoms with van der Waals surface area (Å²) in [6.45, 7) is 3.83. The first kappa shape index (κ1) is 11.9. The molecule has 2 nitrogen and oxygen atoms in total. The SMILES string of the molecule is [CH2]CCCCCc1coc(=O)c2ccccc12. The lowest BCUT2D eigenvalue weighted by atomic mass is 10.0. The van der Waals surface area contributed by atoms with Crippen LogP contribution in [0.25, 0.3) is 10.8 Å². The van der Waals surface area contributed by atoms with Crippen molar-refractivity contribution in [3.63, 3.8) is 0 Å².